The number of pyridine rings is 1. The number of hydrogen-bond donors (Lipinski definition) is 2. The summed E-state index contributed by atoms with van der Waals surface area (Å²) in [5, 5.41) is 21.1. The molecule has 3 heterocycles. The van der Waals surface area contributed by atoms with Crippen molar-refractivity contribution in [1.29, 1.82) is 0 Å². The summed E-state index contributed by atoms with van der Waals surface area (Å²) in [4.78, 5) is 19.6. The van der Waals surface area contributed by atoms with Crippen LogP contribution in [0.5, 0.6) is 0 Å². The van der Waals surface area contributed by atoms with Crippen molar-refractivity contribution in [3.63, 3.8) is 0 Å². The summed E-state index contributed by atoms with van der Waals surface area (Å²) in [5.41, 5.74) is 5.41. The molecule has 1 unspecified atom stereocenters. The fourth-order valence-corrected chi connectivity index (χ4v) is 5.07. The Morgan fingerprint density at radius 3 is 2.70 bits per heavy atom. The molecular weight excluding hydrogens is 528 g/mol. The fraction of sp³-hybridized carbons (Fsp3) is 0.200. The average Bonchev–Trinajstić information content (AvgIpc) is 3.39. The number of imidazole rings is 1. The maximum absolute atomic E-state index is 13.5. The third-order valence-electron chi connectivity index (χ3n) is 7.14. The number of carbonyl (C=O) groups is 1. The van der Waals surface area contributed by atoms with Crippen molar-refractivity contribution >= 4 is 23.4 Å². The van der Waals surface area contributed by atoms with Gasteiger partial charge in [0.25, 0.3) is 0 Å². The molecule has 1 saturated carbocycles. The van der Waals surface area contributed by atoms with Gasteiger partial charge in [0.1, 0.15) is 11.7 Å². The molecule has 0 saturated heterocycles. The van der Waals surface area contributed by atoms with E-state index in [9.17, 15) is 10.0 Å². The van der Waals surface area contributed by atoms with Crippen LogP contribution in [0.2, 0.25) is 5.02 Å². The van der Waals surface area contributed by atoms with Crippen LogP contribution in [-0.2, 0) is 4.74 Å². The number of aromatic nitrogens is 5. The van der Waals surface area contributed by atoms with Crippen molar-refractivity contribution in [2.24, 2.45) is 5.92 Å². The molecule has 6 rings (SSSR count). The van der Waals surface area contributed by atoms with Crippen LogP contribution in [0.25, 0.3) is 28.1 Å². The van der Waals surface area contributed by atoms with Gasteiger partial charge in [0.05, 0.1) is 24.7 Å². The summed E-state index contributed by atoms with van der Waals surface area (Å²) in [6.07, 6.45) is 9.58. The molecule has 2 N–H and O–H groups in total. The zero-order chi connectivity index (χ0) is 27.6. The van der Waals surface area contributed by atoms with E-state index in [0.717, 1.165) is 57.9 Å². The summed E-state index contributed by atoms with van der Waals surface area (Å²) < 4.78 is 7.35. The van der Waals surface area contributed by atoms with Crippen molar-refractivity contribution < 1.29 is 14.3 Å². The van der Waals surface area contributed by atoms with Crippen molar-refractivity contribution in [2.75, 3.05) is 12.4 Å². The van der Waals surface area contributed by atoms with Crippen molar-refractivity contribution in [2.45, 2.75) is 25.2 Å². The van der Waals surface area contributed by atoms with Gasteiger partial charge in [-0.15, -0.1) is 0 Å². The highest BCUT2D eigenvalue weighted by Gasteiger charge is 2.33. The van der Waals surface area contributed by atoms with Crippen LogP contribution in [0.15, 0.2) is 85.5 Å². The molecule has 1 aliphatic carbocycles. The third-order valence-corrected chi connectivity index (χ3v) is 7.38. The Morgan fingerprint density at radius 1 is 1.20 bits per heavy atom. The second kappa shape index (κ2) is 10.9. The van der Waals surface area contributed by atoms with E-state index < -0.39 is 6.09 Å². The molecule has 0 radical (unpaired) electrons. The van der Waals surface area contributed by atoms with Crippen LogP contribution in [0.3, 0.4) is 0 Å². The summed E-state index contributed by atoms with van der Waals surface area (Å²) in [6.45, 7) is 0. The Bertz CT molecular complexity index is 1640. The first-order valence-electron chi connectivity index (χ1n) is 13.0. The van der Waals surface area contributed by atoms with E-state index in [0.29, 0.717) is 22.3 Å². The molecule has 40 heavy (non-hydrogen) atoms. The molecule has 1 fully saturated rings. The van der Waals surface area contributed by atoms with Gasteiger partial charge in [0.2, 0.25) is 5.69 Å². The molecule has 1 amide bonds. The summed E-state index contributed by atoms with van der Waals surface area (Å²) >= 11 is 6.33. The highest BCUT2D eigenvalue weighted by atomic mass is 35.5. The number of H-pyrrole nitrogens is 1. The summed E-state index contributed by atoms with van der Waals surface area (Å²) in [6, 6.07) is 18.6. The van der Waals surface area contributed by atoms with E-state index in [2.05, 4.69) is 25.1 Å². The van der Waals surface area contributed by atoms with Crippen LogP contribution in [0, 0.1) is 11.1 Å². The predicted molar refractivity (Wildman–Crippen MR) is 152 cm³/mol. The van der Waals surface area contributed by atoms with E-state index in [1.54, 1.807) is 35.4 Å². The fourth-order valence-electron chi connectivity index (χ4n) is 4.89. The topological polar surface area (TPSA) is 112 Å². The van der Waals surface area contributed by atoms with Gasteiger partial charge in [-0.05, 0) is 60.4 Å². The molecule has 3 aromatic heterocycles. The molecule has 0 aliphatic heterocycles. The number of rotatable bonds is 8. The van der Waals surface area contributed by atoms with Crippen LogP contribution >= 0.6 is 11.6 Å². The van der Waals surface area contributed by atoms with E-state index in [1.165, 1.54) is 7.11 Å². The smallest absolute Gasteiger partial charge is 0.411 e. The Labute approximate surface area is 236 Å². The maximum atomic E-state index is 13.5. The minimum Gasteiger partial charge on any atom is -0.618 e. The van der Waals surface area contributed by atoms with Crippen molar-refractivity contribution in [1.82, 2.24) is 19.7 Å². The van der Waals surface area contributed by atoms with Crippen LogP contribution < -0.4 is 10.0 Å². The second-order valence-corrected chi connectivity index (χ2v) is 10.3. The normalized spacial score (nSPS) is 13.7. The molecule has 9 nitrogen and oxygen atoms in total. The minimum atomic E-state index is -0.524. The van der Waals surface area contributed by atoms with Gasteiger partial charge in [-0.1, -0.05) is 36.6 Å². The number of ether oxygens (including phenoxy) is 1. The van der Waals surface area contributed by atoms with E-state index in [-0.39, 0.29) is 5.92 Å². The van der Waals surface area contributed by atoms with Crippen LogP contribution in [0.4, 0.5) is 10.5 Å². The van der Waals surface area contributed by atoms with Gasteiger partial charge < -0.3 is 14.9 Å². The summed E-state index contributed by atoms with van der Waals surface area (Å²) in [7, 11) is 1.32. The van der Waals surface area contributed by atoms with Gasteiger partial charge in [-0.2, -0.15) is 9.83 Å². The van der Waals surface area contributed by atoms with E-state index in [1.807, 2.05) is 54.7 Å². The lowest BCUT2D eigenvalue weighted by molar-refractivity contribution is -0.614. The number of hydrogen-bond acceptors (Lipinski definition) is 5. The Kier molecular flexibility index (Phi) is 6.96. The standard InChI is InChI=1S/C30H27ClN6O3/c1-40-30(38)34-23-9-5-20(6-10-23)26-17-32-29(35-26)25(15-19-3-4-19)28-11-7-21(18-37(28)39)24-16-22(31)8-12-27(24)36-14-2-13-33-36/h2,5-14,16-19,25H,3-4,15H2,1H3,(H,32,35)(H,34,38). The lowest BCUT2D eigenvalue weighted by Crippen LogP contribution is -2.34. The molecule has 5 aromatic rings. The number of carbonyl (C=O) groups excluding carboxylic acids is 1. The Balaban J connectivity index is 1.30. The monoisotopic (exact) mass is 554 g/mol. The number of aromatic amines is 1. The van der Waals surface area contributed by atoms with Crippen molar-refractivity contribution in [3.05, 3.63) is 107 Å². The maximum Gasteiger partial charge on any atom is 0.411 e. The average molecular weight is 555 g/mol. The number of methoxy groups -OCH3 is 1. The Morgan fingerprint density at radius 2 is 2.00 bits per heavy atom. The van der Waals surface area contributed by atoms with Gasteiger partial charge in [-0.25, -0.2) is 14.5 Å². The molecule has 10 heteroatoms. The van der Waals surface area contributed by atoms with Gasteiger partial charge in [0.15, 0.2) is 6.20 Å². The van der Waals surface area contributed by atoms with Gasteiger partial charge >= 0.3 is 6.09 Å². The number of anilines is 1. The Hall–Kier alpha value is -4.63. The first-order valence-corrected chi connectivity index (χ1v) is 13.4. The molecule has 2 aromatic carbocycles. The highest BCUT2D eigenvalue weighted by Crippen LogP contribution is 2.41. The lowest BCUT2D eigenvalue weighted by Gasteiger charge is -2.16. The molecule has 0 spiro atoms. The number of amides is 1. The van der Waals surface area contributed by atoms with Gasteiger partial charge in [0, 0.05) is 40.3 Å². The lowest BCUT2D eigenvalue weighted by atomic mass is 9.95. The number of halogens is 1. The SMILES string of the molecule is COC(=O)Nc1ccc(-c2cnc(C(CC3CC3)c3ccc(-c4cc(Cl)ccc4-n4cccn4)c[n+]3[O-])[nH]2)cc1. The molecule has 1 aliphatic rings. The molecule has 202 valence electrons. The first-order chi connectivity index (χ1) is 19.5. The quantitative estimate of drug-likeness (QED) is 0.172. The highest BCUT2D eigenvalue weighted by molar-refractivity contribution is 6.31. The number of nitrogens with one attached hydrogen (secondary N) is 2. The first kappa shape index (κ1) is 25.6. The number of nitrogens with zero attached hydrogens (tertiary/aromatic N) is 4. The molecule has 1 atom stereocenters. The largest absolute Gasteiger partial charge is 0.618 e. The third kappa shape index (κ3) is 5.41. The van der Waals surface area contributed by atoms with E-state index in [4.69, 9.17) is 11.6 Å². The zero-order valence-electron chi connectivity index (χ0n) is 21.8. The number of benzene rings is 2. The zero-order valence-corrected chi connectivity index (χ0v) is 22.5. The van der Waals surface area contributed by atoms with Gasteiger partial charge in [-0.3, -0.25) is 5.32 Å². The van der Waals surface area contributed by atoms with E-state index >= 15 is 0 Å². The van der Waals surface area contributed by atoms with Crippen molar-refractivity contribution in [3.8, 4) is 28.1 Å². The molecule has 0 bridgehead atoms. The van der Waals surface area contributed by atoms with Crippen LogP contribution in [-0.4, -0.2) is 33.0 Å². The second-order valence-electron chi connectivity index (χ2n) is 9.89. The minimum absolute atomic E-state index is 0.182. The van der Waals surface area contributed by atoms with Crippen LogP contribution in [0.1, 0.15) is 36.7 Å². The molecular formula is C30H27ClN6O3. The predicted octanol–water partition coefficient (Wildman–Crippen LogP) is 6.33. The summed E-state index contributed by atoms with van der Waals surface area (Å²) in [5.74, 6) is 1.13.